The summed E-state index contributed by atoms with van der Waals surface area (Å²) in [4.78, 5) is 5.00. The summed E-state index contributed by atoms with van der Waals surface area (Å²) in [5.41, 5.74) is 2.38. The van der Waals surface area contributed by atoms with Crippen LogP contribution in [0.2, 0.25) is 0 Å². The molecule has 108 valence electrons. The normalized spacial score (nSPS) is 27.2. The van der Waals surface area contributed by atoms with Gasteiger partial charge in [-0.05, 0) is 24.8 Å². The molecule has 1 saturated carbocycles. The van der Waals surface area contributed by atoms with Crippen molar-refractivity contribution in [3.8, 4) is 0 Å². The number of piperazine rings is 1. The fourth-order valence-electron chi connectivity index (χ4n) is 3.39. The van der Waals surface area contributed by atoms with Gasteiger partial charge in [-0.1, -0.05) is 35.5 Å². The molecule has 4 nitrogen and oxygen atoms in total. The van der Waals surface area contributed by atoms with E-state index in [0.717, 1.165) is 57.7 Å². The van der Waals surface area contributed by atoms with Crippen LogP contribution in [-0.4, -0.2) is 52.9 Å². The highest BCUT2D eigenvalue weighted by molar-refractivity contribution is 5.90. The van der Waals surface area contributed by atoms with E-state index in [2.05, 4.69) is 45.3 Å². The topological polar surface area (TPSA) is 39.1 Å². The lowest BCUT2D eigenvalue weighted by Gasteiger charge is -2.38. The van der Waals surface area contributed by atoms with Gasteiger partial charge >= 0.3 is 0 Å². The Morgan fingerprint density at radius 3 is 2.55 bits per heavy atom. The van der Waals surface area contributed by atoms with Crippen molar-refractivity contribution >= 4 is 5.71 Å². The number of hydrogen-bond donors (Lipinski definition) is 1. The summed E-state index contributed by atoms with van der Waals surface area (Å²) in [6, 6.07) is 11.1. The van der Waals surface area contributed by atoms with Crippen molar-refractivity contribution < 1.29 is 5.21 Å². The molecule has 0 spiro atoms. The molecule has 1 N–H and O–H groups in total. The Kier molecular flexibility index (Phi) is 4.33. The van der Waals surface area contributed by atoms with Gasteiger partial charge in [0.05, 0.1) is 11.8 Å². The number of oxime groups is 1. The van der Waals surface area contributed by atoms with E-state index in [4.69, 9.17) is 5.21 Å². The van der Waals surface area contributed by atoms with Crippen LogP contribution in [-0.2, 0) is 6.54 Å². The van der Waals surface area contributed by atoms with Gasteiger partial charge in [0.2, 0.25) is 0 Å². The van der Waals surface area contributed by atoms with Crippen molar-refractivity contribution in [2.75, 3.05) is 26.2 Å². The molecule has 0 aromatic heterocycles. The molecule has 1 aromatic rings. The Bertz CT molecular complexity index is 452. The zero-order valence-electron chi connectivity index (χ0n) is 11.9. The van der Waals surface area contributed by atoms with Gasteiger partial charge in [0.25, 0.3) is 0 Å². The maximum absolute atomic E-state index is 9.06. The second-order valence-electron chi connectivity index (χ2n) is 5.80. The summed E-state index contributed by atoms with van der Waals surface area (Å²) < 4.78 is 0. The monoisotopic (exact) mass is 273 g/mol. The van der Waals surface area contributed by atoms with Gasteiger partial charge in [-0.25, -0.2) is 0 Å². The molecule has 20 heavy (non-hydrogen) atoms. The van der Waals surface area contributed by atoms with E-state index in [1.165, 1.54) is 5.56 Å². The quantitative estimate of drug-likeness (QED) is 0.678. The molecule has 0 amide bonds. The van der Waals surface area contributed by atoms with Crippen molar-refractivity contribution in [2.45, 2.75) is 31.8 Å². The summed E-state index contributed by atoms with van der Waals surface area (Å²) in [7, 11) is 0. The standard InChI is InChI=1S/C16H23N3O/c20-17-15-7-4-8-16(15)19-11-9-18(10-12-19)13-14-5-2-1-3-6-14/h1-3,5-6,16,20H,4,7-13H2. The molecule has 3 rings (SSSR count). The van der Waals surface area contributed by atoms with Crippen molar-refractivity contribution in [1.82, 2.24) is 9.80 Å². The molecule has 1 aliphatic heterocycles. The van der Waals surface area contributed by atoms with E-state index in [9.17, 15) is 0 Å². The number of hydrogen-bond acceptors (Lipinski definition) is 4. The Balaban J connectivity index is 1.52. The van der Waals surface area contributed by atoms with Crippen LogP contribution in [0.4, 0.5) is 0 Å². The molecule has 2 aliphatic rings. The van der Waals surface area contributed by atoms with Gasteiger partial charge < -0.3 is 5.21 Å². The van der Waals surface area contributed by atoms with Crippen molar-refractivity contribution in [2.24, 2.45) is 5.16 Å². The number of nitrogens with zero attached hydrogens (tertiary/aromatic N) is 3. The van der Waals surface area contributed by atoms with Crippen molar-refractivity contribution in [3.63, 3.8) is 0 Å². The second-order valence-corrected chi connectivity index (χ2v) is 5.80. The van der Waals surface area contributed by atoms with Gasteiger partial charge in [0, 0.05) is 32.7 Å². The molecular formula is C16H23N3O. The Morgan fingerprint density at radius 1 is 1.10 bits per heavy atom. The summed E-state index contributed by atoms with van der Waals surface area (Å²) in [5.74, 6) is 0. The molecule has 2 fully saturated rings. The van der Waals surface area contributed by atoms with E-state index in [0.29, 0.717) is 6.04 Å². The first kappa shape index (κ1) is 13.6. The van der Waals surface area contributed by atoms with E-state index in [1.54, 1.807) is 0 Å². The average Bonchev–Trinajstić information content (AvgIpc) is 2.98. The van der Waals surface area contributed by atoms with Gasteiger partial charge in [-0.2, -0.15) is 0 Å². The van der Waals surface area contributed by atoms with Gasteiger partial charge in [0.15, 0.2) is 0 Å². The van der Waals surface area contributed by atoms with E-state index in [1.807, 2.05) is 0 Å². The van der Waals surface area contributed by atoms with Gasteiger partial charge in [0.1, 0.15) is 0 Å². The molecule has 1 atom stereocenters. The molecule has 1 aromatic carbocycles. The third kappa shape index (κ3) is 3.02. The van der Waals surface area contributed by atoms with Crippen LogP contribution in [0.3, 0.4) is 0 Å². The molecule has 1 unspecified atom stereocenters. The van der Waals surface area contributed by atoms with Crippen molar-refractivity contribution in [3.05, 3.63) is 35.9 Å². The van der Waals surface area contributed by atoms with Gasteiger partial charge in [-0.15, -0.1) is 0 Å². The number of benzene rings is 1. The first-order valence-electron chi connectivity index (χ1n) is 7.58. The maximum atomic E-state index is 9.06. The summed E-state index contributed by atoms with van der Waals surface area (Å²) in [6.45, 7) is 5.40. The molecule has 1 heterocycles. The maximum Gasteiger partial charge on any atom is 0.0742 e. The largest absolute Gasteiger partial charge is 0.411 e. The first-order chi connectivity index (χ1) is 9.86. The highest BCUT2D eigenvalue weighted by Crippen LogP contribution is 2.23. The fourth-order valence-corrected chi connectivity index (χ4v) is 3.39. The minimum atomic E-state index is 0.388. The van der Waals surface area contributed by atoms with E-state index in [-0.39, 0.29) is 0 Å². The van der Waals surface area contributed by atoms with Gasteiger partial charge in [-0.3, -0.25) is 9.80 Å². The zero-order chi connectivity index (χ0) is 13.8. The fraction of sp³-hybridized carbons (Fsp3) is 0.562. The van der Waals surface area contributed by atoms with Crippen LogP contribution in [0, 0.1) is 0 Å². The molecule has 1 saturated heterocycles. The Morgan fingerprint density at radius 2 is 1.85 bits per heavy atom. The van der Waals surface area contributed by atoms with E-state index >= 15 is 0 Å². The summed E-state index contributed by atoms with van der Waals surface area (Å²) in [5, 5.41) is 12.6. The molecule has 0 bridgehead atoms. The minimum Gasteiger partial charge on any atom is -0.411 e. The van der Waals surface area contributed by atoms with Crippen LogP contribution in [0.25, 0.3) is 0 Å². The second kappa shape index (κ2) is 6.37. The molecule has 4 heteroatoms. The van der Waals surface area contributed by atoms with Crippen LogP contribution in [0.5, 0.6) is 0 Å². The highest BCUT2D eigenvalue weighted by Gasteiger charge is 2.31. The Hall–Kier alpha value is -1.39. The lowest BCUT2D eigenvalue weighted by Crippen LogP contribution is -2.51. The van der Waals surface area contributed by atoms with Crippen molar-refractivity contribution in [1.29, 1.82) is 0 Å². The van der Waals surface area contributed by atoms with Crippen LogP contribution in [0.1, 0.15) is 24.8 Å². The third-order valence-corrected chi connectivity index (χ3v) is 4.52. The SMILES string of the molecule is ON=C1CCCC1N1CCN(Cc2ccccc2)CC1. The smallest absolute Gasteiger partial charge is 0.0742 e. The predicted molar refractivity (Wildman–Crippen MR) is 80.2 cm³/mol. The van der Waals surface area contributed by atoms with Crippen LogP contribution in [0.15, 0.2) is 35.5 Å². The predicted octanol–water partition coefficient (Wildman–Crippen LogP) is 2.19. The minimum absolute atomic E-state index is 0.388. The average molecular weight is 273 g/mol. The Labute approximate surface area is 120 Å². The summed E-state index contributed by atoms with van der Waals surface area (Å²) >= 11 is 0. The van der Waals surface area contributed by atoms with Crippen LogP contribution < -0.4 is 0 Å². The molecule has 1 aliphatic carbocycles. The number of rotatable bonds is 3. The third-order valence-electron chi connectivity index (χ3n) is 4.52. The zero-order valence-corrected chi connectivity index (χ0v) is 11.9. The lowest BCUT2D eigenvalue weighted by atomic mass is 10.1. The molecule has 0 radical (unpaired) electrons. The highest BCUT2D eigenvalue weighted by atomic mass is 16.4. The summed E-state index contributed by atoms with van der Waals surface area (Å²) in [6.07, 6.45) is 3.28. The van der Waals surface area contributed by atoms with E-state index < -0.39 is 0 Å². The lowest BCUT2D eigenvalue weighted by molar-refractivity contribution is 0.112. The molecular weight excluding hydrogens is 250 g/mol. The first-order valence-corrected chi connectivity index (χ1v) is 7.58. The van der Waals surface area contributed by atoms with Crippen LogP contribution >= 0.6 is 0 Å².